The van der Waals surface area contributed by atoms with E-state index in [1.54, 1.807) is 36.7 Å². The molecule has 0 amide bonds. The fourth-order valence-electron chi connectivity index (χ4n) is 2.45. The van der Waals surface area contributed by atoms with Gasteiger partial charge in [-0.25, -0.2) is 13.0 Å². The van der Waals surface area contributed by atoms with Crippen molar-refractivity contribution >= 4 is 21.9 Å². The third-order valence-electron chi connectivity index (χ3n) is 4.79. The van der Waals surface area contributed by atoms with Gasteiger partial charge in [0.15, 0.2) is 0 Å². The van der Waals surface area contributed by atoms with Crippen LogP contribution >= 0.6 is 11.8 Å². The molecule has 3 rings (SSSR count). The molecule has 0 spiro atoms. The first-order valence-electron chi connectivity index (χ1n) is 8.95. The molecule has 1 heterocycles. The number of nitrogens with zero attached hydrogens (tertiary/aromatic N) is 3. The van der Waals surface area contributed by atoms with Gasteiger partial charge in [-0.3, -0.25) is 0 Å². The summed E-state index contributed by atoms with van der Waals surface area (Å²) in [6, 6.07) is 7.36. The van der Waals surface area contributed by atoms with Gasteiger partial charge in [0.05, 0.1) is 16.8 Å². The van der Waals surface area contributed by atoms with E-state index in [1.165, 1.54) is 23.9 Å². The third kappa shape index (κ3) is 5.32. The SMILES string of the molecule is Cc1c(O)cc(Sc2n[n+](C)c(C)n2C)c(O)c1C.Cc1ccc(S(=O)(=O)[O-])cc1. The van der Waals surface area contributed by atoms with Crippen LogP contribution in [0.25, 0.3) is 0 Å². The normalized spacial score (nSPS) is 11.2. The minimum Gasteiger partial charge on any atom is -0.744 e. The van der Waals surface area contributed by atoms with E-state index in [0.717, 1.165) is 16.5 Å². The maximum Gasteiger partial charge on any atom is 0.299 e. The van der Waals surface area contributed by atoms with Crippen LogP contribution in [0.3, 0.4) is 0 Å². The van der Waals surface area contributed by atoms with Crippen molar-refractivity contribution in [1.82, 2.24) is 9.67 Å². The van der Waals surface area contributed by atoms with Crippen LogP contribution in [0.4, 0.5) is 0 Å². The molecule has 0 radical (unpaired) electrons. The van der Waals surface area contributed by atoms with Crippen LogP contribution in [0, 0.1) is 27.7 Å². The second kappa shape index (κ2) is 9.07. The maximum absolute atomic E-state index is 10.4. The van der Waals surface area contributed by atoms with Gasteiger partial charge in [-0.05, 0) is 67.0 Å². The number of phenolic OH excluding ortho intramolecular Hbond substituents is 2. The zero-order chi connectivity index (χ0) is 22.8. The molecule has 0 bridgehead atoms. The highest BCUT2D eigenvalue weighted by molar-refractivity contribution is 7.99. The highest BCUT2D eigenvalue weighted by atomic mass is 32.2. The zero-order valence-corrected chi connectivity index (χ0v) is 19.3. The Morgan fingerprint density at radius 2 is 1.63 bits per heavy atom. The van der Waals surface area contributed by atoms with Crippen LogP contribution in [0.15, 0.2) is 45.3 Å². The molecule has 0 fully saturated rings. The number of benzene rings is 2. The maximum atomic E-state index is 10.4. The lowest BCUT2D eigenvalue weighted by atomic mass is 10.1. The minimum absolute atomic E-state index is 0.178. The molecular formula is C20H25N3O5S2. The Bertz CT molecular complexity index is 1170. The van der Waals surface area contributed by atoms with E-state index in [1.807, 2.05) is 32.5 Å². The minimum atomic E-state index is -4.27. The molecule has 2 aromatic carbocycles. The topological polar surface area (TPSA) is 119 Å². The number of aryl methyl sites for hydroxylation is 2. The molecule has 0 atom stereocenters. The Balaban J connectivity index is 0.000000248. The van der Waals surface area contributed by atoms with Crippen molar-refractivity contribution in [3.63, 3.8) is 0 Å². The molecule has 0 saturated heterocycles. The molecule has 30 heavy (non-hydrogen) atoms. The summed E-state index contributed by atoms with van der Waals surface area (Å²) in [6.07, 6.45) is 0. The van der Waals surface area contributed by atoms with Crippen LogP contribution in [-0.4, -0.2) is 32.8 Å². The van der Waals surface area contributed by atoms with Crippen LogP contribution in [-0.2, 0) is 24.2 Å². The summed E-state index contributed by atoms with van der Waals surface area (Å²) >= 11 is 1.33. The summed E-state index contributed by atoms with van der Waals surface area (Å²) in [5.74, 6) is 1.40. The molecule has 0 saturated carbocycles. The van der Waals surface area contributed by atoms with E-state index < -0.39 is 10.1 Å². The van der Waals surface area contributed by atoms with Crippen molar-refractivity contribution in [3.05, 3.63) is 52.8 Å². The first-order chi connectivity index (χ1) is 13.8. The monoisotopic (exact) mass is 451 g/mol. The third-order valence-corrected chi connectivity index (χ3v) is 6.71. The molecule has 0 aliphatic heterocycles. The van der Waals surface area contributed by atoms with E-state index in [9.17, 15) is 23.2 Å². The van der Waals surface area contributed by atoms with Gasteiger partial charge in [0.2, 0.25) is 0 Å². The number of hydrogen-bond acceptors (Lipinski definition) is 7. The van der Waals surface area contributed by atoms with E-state index in [4.69, 9.17) is 0 Å². The number of phenols is 2. The number of rotatable bonds is 3. The number of hydrogen-bond donors (Lipinski definition) is 2. The summed E-state index contributed by atoms with van der Waals surface area (Å²) in [4.78, 5) is 0.428. The summed E-state index contributed by atoms with van der Waals surface area (Å²) in [5, 5.41) is 25.2. The van der Waals surface area contributed by atoms with Crippen LogP contribution in [0.2, 0.25) is 0 Å². The summed E-state index contributed by atoms with van der Waals surface area (Å²) in [6.45, 7) is 7.36. The smallest absolute Gasteiger partial charge is 0.299 e. The van der Waals surface area contributed by atoms with Crippen molar-refractivity contribution in [2.24, 2.45) is 14.1 Å². The fourth-order valence-corrected chi connectivity index (χ4v) is 3.97. The van der Waals surface area contributed by atoms with Crippen molar-refractivity contribution in [3.8, 4) is 11.5 Å². The van der Waals surface area contributed by atoms with E-state index in [2.05, 4.69) is 5.10 Å². The average Bonchev–Trinajstić information content (AvgIpc) is 2.91. The van der Waals surface area contributed by atoms with Gasteiger partial charge in [-0.1, -0.05) is 17.7 Å². The number of aromatic hydroxyl groups is 2. The second-order valence-electron chi connectivity index (χ2n) is 6.87. The molecule has 2 N–H and O–H groups in total. The van der Waals surface area contributed by atoms with E-state index in [0.29, 0.717) is 16.0 Å². The van der Waals surface area contributed by atoms with Crippen molar-refractivity contribution in [2.75, 3.05) is 0 Å². The summed E-state index contributed by atoms with van der Waals surface area (Å²) in [7, 11) is -0.478. The van der Waals surface area contributed by atoms with Gasteiger partial charge < -0.3 is 14.8 Å². The fraction of sp³-hybridized carbons (Fsp3) is 0.300. The standard InChI is InChI=1S/C13H17N3O2S.C7H8O3S/c1-7-8(2)12(18)11(6-10(7)17)19-13-14-16(5)9(3)15(13)4;1-6-2-4-7(5-3-6)11(8,9)10/h6H,1-5H3,(H-,17,18);2-5H,1H3,(H,8,9,10). The lowest BCUT2D eigenvalue weighted by Gasteiger charge is -2.09. The van der Waals surface area contributed by atoms with Gasteiger partial charge in [0.1, 0.15) is 28.7 Å². The first-order valence-corrected chi connectivity index (χ1v) is 11.2. The van der Waals surface area contributed by atoms with Gasteiger partial charge >= 0.3 is 0 Å². The van der Waals surface area contributed by atoms with Crippen molar-refractivity contribution in [1.29, 1.82) is 0 Å². The molecule has 162 valence electrons. The lowest BCUT2D eigenvalue weighted by Crippen LogP contribution is -2.33. The van der Waals surface area contributed by atoms with Gasteiger partial charge in [0, 0.05) is 6.92 Å². The Morgan fingerprint density at radius 3 is 2.10 bits per heavy atom. The zero-order valence-electron chi connectivity index (χ0n) is 17.7. The van der Waals surface area contributed by atoms with E-state index >= 15 is 0 Å². The molecule has 10 heteroatoms. The molecule has 0 unspecified atom stereocenters. The van der Waals surface area contributed by atoms with Crippen LogP contribution in [0.5, 0.6) is 11.5 Å². The van der Waals surface area contributed by atoms with Crippen LogP contribution < -0.4 is 4.68 Å². The molecule has 0 aliphatic rings. The van der Waals surface area contributed by atoms with Crippen molar-refractivity contribution in [2.45, 2.75) is 42.6 Å². The summed E-state index contributed by atoms with van der Waals surface area (Å²) in [5.41, 5.74) is 2.32. The second-order valence-corrected chi connectivity index (χ2v) is 9.26. The predicted octanol–water partition coefficient (Wildman–Crippen LogP) is 2.63. The molecule has 3 aromatic rings. The molecule has 1 aromatic heterocycles. The first kappa shape index (κ1) is 23.7. The van der Waals surface area contributed by atoms with E-state index in [-0.39, 0.29) is 16.4 Å². The highest BCUT2D eigenvalue weighted by Gasteiger charge is 2.20. The summed E-state index contributed by atoms with van der Waals surface area (Å²) < 4.78 is 34.9. The Morgan fingerprint density at radius 1 is 1.07 bits per heavy atom. The van der Waals surface area contributed by atoms with Crippen molar-refractivity contribution < 1.29 is 27.9 Å². The van der Waals surface area contributed by atoms with Gasteiger partial charge in [0.25, 0.3) is 11.0 Å². The van der Waals surface area contributed by atoms with Gasteiger partial charge in [-0.15, -0.1) is 4.68 Å². The molecule has 8 nitrogen and oxygen atoms in total. The lowest BCUT2D eigenvalue weighted by molar-refractivity contribution is -0.736. The number of aromatic nitrogens is 3. The Hall–Kier alpha value is -2.56. The van der Waals surface area contributed by atoms with Gasteiger partial charge in [-0.2, -0.15) is 0 Å². The Labute approximate surface area is 180 Å². The average molecular weight is 452 g/mol. The predicted molar refractivity (Wildman–Crippen MR) is 112 cm³/mol. The quantitative estimate of drug-likeness (QED) is 0.357. The molecule has 0 aliphatic carbocycles. The molecular weight excluding hydrogens is 426 g/mol. The largest absolute Gasteiger partial charge is 0.744 e. The van der Waals surface area contributed by atoms with Crippen LogP contribution in [0.1, 0.15) is 22.5 Å². The highest BCUT2D eigenvalue weighted by Crippen LogP contribution is 2.40. The Kier molecular flexibility index (Phi) is 7.17.